The van der Waals surface area contributed by atoms with Gasteiger partial charge in [-0.2, -0.15) is 0 Å². The summed E-state index contributed by atoms with van der Waals surface area (Å²) >= 11 is 0. The molecule has 1 atom stereocenters. The van der Waals surface area contributed by atoms with Crippen LogP contribution in [-0.2, 0) is 0 Å². The zero-order chi connectivity index (χ0) is 11.3. The number of nitrogens with one attached hydrogen (secondary N) is 1. The fourth-order valence-electron chi connectivity index (χ4n) is 1.50. The SMILES string of the molecule is C=C(C)CNC(CC)c1ccc(O)cc1. The van der Waals surface area contributed by atoms with Gasteiger partial charge in [0.05, 0.1) is 0 Å². The van der Waals surface area contributed by atoms with Crippen LogP contribution in [0.3, 0.4) is 0 Å². The molecule has 2 heteroatoms. The number of rotatable bonds is 5. The number of hydrogen-bond acceptors (Lipinski definition) is 2. The van der Waals surface area contributed by atoms with Gasteiger partial charge in [-0.05, 0) is 31.0 Å². The normalized spacial score (nSPS) is 12.4. The molecule has 0 saturated heterocycles. The van der Waals surface area contributed by atoms with Crippen LogP contribution in [0, 0.1) is 0 Å². The predicted molar refractivity (Wildman–Crippen MR) is 64.0 cm³/mol. The zero-order valence-corrected chi connectivity index (χ0v) is 9.46. The topological polar surface area (TPSA) is 32.3 Å². The molecule has 2 N–H and O–H groups in total. The minimum absolute atomic E-state index is 0.313. The third kappa shape index (κ3) is 3.76. The number of phenolic OH excluding ortho intramolecular Hbond substituents is 1. The van der Waals surface area contributed by atoms with Gasteiger partial charge < -0.3 is 10.4 Å². The Bertz CT molecular complexity index is 316. The molecule has 0 heterocycles. The number of aromatic hydroxyl groups is 1. The van der Waals surface area contributed by atoms with Crippen molar-refractivity contribution >= 4 is 0 Å². The van der Waals surface area contributed by atoms with Gasteiger partial charge in [-0.1, -0.05) is 31.2 Å². The highest BCUT2D eigenvalue weighted by Gasteiger charge is 2.07. The molecule has 1 aromatic carbocycles. The molecule has 0 saturated carbocycles. The Kier molecular flexibility index (Phi) is 4.37. The first-order valence-corrected chi connectivity index (χ1v) is 5.30. The van der Waals surface area contributed by atoms with Crippen LogP contribution in [0.15, 0.2) is 36.4 Å². The Balaban J connectivity index is 2.65. The standard InChI is InChI=1S/C13H19NO/c1-4-13(14-9-10(2)3)11-5-7-12(15)8-6-11/h5-8,13-15H,2,4,9H2,1,3H3. The molecule has 82 valence electrons. The quantitative estimate of drug-likeness (QED) is 0.724. The highest BCUT2D eigenvalue weighted by atomic mass is 16.3. The van der Waals surface area contributed by atoms with Gasteiger partial charge in [0.1, 0.15) is 5.75 Å². The fourth-order valence-corrected chi connectivity index (χ4v) is 1.50. The Labute approximate surface area is 91.6 Å². The summed E-state index contributed by atoms with van der Waals surface area (Å²) in [5.74, 6) is 0.313. The molecule has 1 unspecified atom stereocenters. The van der Waals surface area contributed by atoms with Crippen molar-refractivity contribution in [1.29, 1.82) is 0 Å². The lowest BCUT2D eigenvalue weighted by Crippen LogP contribution is -2.22. The average molecular weight is 205 g/mol. The van der Waals surface area contributed by atoms with Gasteiger partial charge in [0, 0.05) is 12.6 Å². The van der Waals surface area contributed by atoms with Crippen LogP contribution in [0.5, 0.6) is 5.75 Å². The molecule has 1 aromatic rings. The number of benzene rings is 1. The molecule has 0 aromatic heterocycles. The minimum atomic E-state index is 0.313. The maximum atomic E-state index is 9.19. The first-order valence-electron chi connectivity index (χ1n) is 5.30. The average Bonchev–Trinajstić information content (AvgIpc) is 2.21. The van der Waals surface area contributed by atoms with Crippen LogP contribution in [0.1, 0.15) is 31.9 Å². The van der Waals surface area contributed by atoms with E-state index in [1.807, 2.05) is 19.1 Å². The van der Waals surface area contributed by atoms with Crippen LogP contribution in [0.4, 0.5) is 0 Å². The van der Waals surface area contributed by atoms with E-state index in [4.69, 9.17) is 0 Å². The second-order valence-corrected chi connectivity index (χ2v) is 3.89. The second-order valence-electron chi connectivity index (χ2n) is 3.89. The molecule has 2 nitrogen and oxygen atoms in total. The molecule has 0 aliphatic rings. The molecule has 0 aliphatic heterocycles. The van der Waals surface area contributed by atoms with E-state index in [1.165, 1.54) is 5.56 Å². The summed E-state index contributed by atoms with van der Waals surface area (Å²) in [5.41, 5.74) is 2.34. The van der Waals surface area contributed by atoms with E-state index < -0.39 is 0 Å². The third-order valence-corrected chi connectivity index (χ3v) is 2.35. The summed E-state index contributed by atoms with van der Waals surface area (Å²) in [6.45, 7) is 8.85. The highest BCUT2D eigenvalue weighted by Crippen LogP contribution is 2.19. The number of hydrogen-bond donors (Lipinski definition) is 2. The van der Waals surface area contributed by atoms with Crippen molar-refractivity contribution in [3.8, 4) is 5.75 Å². The van der Waals surface area contributed by atoms with Gasteiger partial charge in [-0.3, -0.25) is 0 Å². The summed E-state index contributed by atoms with van der Waals surface area (Å²) in [5, 5.41) is 12.6. The summed E-state index contributed by atoms with van der Waals surface area (Å²) < 4.78 is 0. The third-order valence-electron chi connectivity index (χ3n) is 2.35. The lowest BCUT2D eigenvalue weighted by molar-refractivity contribution is 0.474. The van der Waals surface area contributed by atoms with E-state index in [0.717, 1.165) is 18.5 Å². The summed E-state index contributed by atoms with van der Waals surface area (Å²) in [6, 6.07) is 7.69. The molecule has 0 amide bonds. The van der Waals surface area contributed by atoms with Crippen molar-refractivity contribution in [2.45, 2.75) is 26.3 Å². The van der Waals surface area contributed by atoms with E-state index in [9.17, 15) is 5.11 Å². The van der Waals surface area contributed by atoms with E-state index in [1.54, 1.807) is 12.1 Å². The summed E-state index contributed by atoms with van der Waals surface area (Å²) in [4.78, 5) is 0. The second kappa shape index (κ2) is 5.56. The van der Waals surface area contributed by atoms with Gasteiger partial charge in [-0.15, -0.1) is 0 Å². The largest absolute Gasteiger partial charge is 0.508 e. The summed E-state index contributed by atoms with van der Waals surface area (Å²) in [6.07, 6.45) is 1.03. The van der Waals surface area contributed by atoms with Crippen molar-refractivity contribution in [2.75, 3.05) is 6.54 Å². The Morgan fingerprint density at radius 2 is 2.00 bits per heavy atom. The van der Waals surface area contributed by atoms with Crippen LogP contribution in [0.2, 0.25) is 0 Å². The van der Waals surface area contributed by atoms with Crippen molar-refractivity contribution in [2.24, 2.45) is 0 Å². The first kappa shape index (κ1) is 11.8. The molecule has 0 fully saturated rings. The predicted octanol–water partition coefficient (Wildman–Crippen LogP) is 3.01. The van der Waals surface area contributed by atoms with Crippen LogP contribution >= 0.6 is 0 Å². The van der Waals surface area contributed by atoms with Gasteiger partial charge in [0.15, 0.2) is 0 Å². The van der Waals surface area contributed by atoms with E-state index >= 15 is 0 Å². The lowest BCUT2D eigenvalue weighted by Gasteiger charge is -2.17. The zero-order valence-electron chi connectivity index (χ0n) is 9.46. The Morgan fingerprint density at radius 3 is 2.47 bits per heavy atom. The van der Waals surface area contributed by atoms with Crippen molar-refractivity contribution < 1.29 is 5.11 Å². The molecular formula is C13H19NO. The smallest absolute Gasteiger partial charge is 0.115 e. The van der Waals surface area contributed by atoms with Crippen molar-refractivity contribution in [1.82, 2.24) is 5.32 Å². The molecule has 0 radical (unpaired) electrons. The Hall–Kier alpha value is -1.28. The van der Waals surface area contributed by atoms with Gasteiger partial charge >= 0.3 is 0 Å². The first-order chi connectivity index (χ1) is 7.13. The van der Waals surface area contributed by atoms with Gasteiger partial charge in [0.2, 0.25) is 0 Å². The summed E-state index contributed by atoms with van der Waals surface area (Å²) in [7, 11) is 0. The van der Waals surface area contributed by atoms with Gasteiger partial charge in [-0.25, -0.2) is 0 Å². The van der Waals surface area contributed by atoms with Crippen LogP contribution in [0.25, 0.3) is 0 Å². The molecule has 0 spiro atoms. The number of phenols is 1. The maximum absolute atomic E-state index is 9.19. The highest BCUT2D eigenvalue weighted by molar-refractivity contribution is 5.28. The van der Waals surface area contributed by atoms with Crippen molar-refractivity contribution in [3.05, 3.63) is 42.0 Å². The molecule has 0 bridgehead atoms. The lowest BCUT2D eigenvalue weighted by atomic mass is 10.0. The minimum Gasteiger partial charge on any atom is -0.508 e. The molecular weight excluding hydrogens is 186 g/mol. The van der Waals surface area contributed by atoms with E-state index in [-0.39, 0.29) is 0 Å². The maximum Gasteiger partial charge on any atom is 0.115 e. The van der Waals surface area contributed by atoms with E-state index in [2.05, 4.69) is 18.8 Å². The van der Waals surface area contributed by atoms with E-state index in [0.29, 0.717) is 11.8 Å². The molecule has 15 heavy (non-hydrogen) atoms. The van der Waals surface area contributed by atoms with Crippen molar-refractivity contribution in [3.63, 3.8) is 0 Å². The monoisotopic (exact) mass is 205 g/mol. The van der Waals surface area contributed by atoms with Gasteiger partial charge in [0.25, 0.3) is 0 Å². The molecule has 0 aliphatic carbocycles. The molecule has 1 rings (SSSR count). The fraction of sp³-hybridized carbons (Fsp3) is 0.385. The Morgan fingerprint density at radius 1 is 1.40 bits per heavy atom. The van der Waals surface area contributed by atoms with Crippen LogP contribution < -0.4 is 5.32 Å². The van der Waals surface area contributed by atoms with Crippen LogP contribution in [-0.4, -0.2) is 11.7 Å².